The van der Waals surface area contributed by atoms with Gasteiger partial charge in [-0.2, -0.15) is 50.5 Å². The molecule has 0 aliphatic carbocycles. The number of furan rings is 1. The number of rotatable bonds is 8. The van der Waals surface area contributed by atoms with E-state index in [2.05, 4.69) is 80.2 Å². The maximum atomic E-state index is 6.03. The molecule has 0 unspecified atom stereocenters. The first-order valence-corrected chi connectivity index (χ1v) is 14.4. The highest BCUT2D eigenvalue weighted by Crippen LogP contribution is 2.42. The zero-order valence-electron chi connectivity index (χ0n) is 17.7. The second-order valence-electron chi connectivity index (χ2n) is 8.08. The summed E-state index contributed by atoms with van der Waals surface area (Å²) in [5.41, 5.74) is 6.43. The molecule has 0 N–H and O–H groups in total. The highest BCUT2D eigenvalue weighted by molar-refractivity contribution is 7.80. The van der Waals surface area contributed by atoms with Gasteiger partial charge >= 0.3 is 0 Å². The molecule has 5 aromatic rings. The van der Waals surface area contributed by atoms with Gasteiger partial charge in [-0.1, -0.05) is 0 Å². The summed E-state index contributed by atoms with van der Waals surface area (Å²) in [6, 6.07) is 9.26. The van der Waals surface area contributed by atoms with Crippen LogP contribution in [0.5, 0.6) is 0 Å². The Bertz CT molecular complexity index is 1220. The van der Waals surface area contributed by atoms with Gasteiger partial charge in [-0.3, -0.25) is 0 Å². The lowest BCUT2D eigenvalue weighted by Gasteiger charge is -2.18. The van der Waals surface area contributed by atoms with Crippen LogP contribution >= 0.6 is 61.9 Å². The quantitative estimate of drug-likeness (QED) is 0.122. The molecule has 0 saturated carbocycles. The third-order valence-electron chi connectivity index (χ3n) is 6.43. The molecular formula is C26H26OS5. The largest absolute Gasteiger partial charge is 0.464 e. The Morgan fingerprint density at radius 3 is 1.78 bits per heavy atom. The maximum absolute atomic E-state index is 6.03. The van der Waals surface area contributed by atoms with Crippen molar-refractivity contribution in [3.8, 4) is 0 Å². The second kappa shape index (κ2) is 9.75. The number of hydrogen-bond donors (Lipinski definition) is 4. The molecule has 5 rings (SSSR count). The lowest BCUT2D eigenvalue weighted by molar-refractivity contribution is 0.612. The minimum Gasteiger partial charge on any atom is -0.464 e. The average molecular weight is 515 g/mol. The van der Waals surface area contributed by atoms with Gasteiger partial charge in [0.15, 0.2) is 0 Å². The lowest BCUT2D eigenvalue weighted by atomic mass is 9.87. The van der Waals surface area contributed by atoms with Crippen molar-refractivity contribution in [2.75, 3.05) is 23.0 Å². The highest BCUT2D eigenvalue weighted by atomic mass is 32.1. The van der Waals surface area contributed by atoms with Crippen LogP contribution in [0.4, 0.5) is 0 Å². The summed E-state index contributed by atoms with van der Waals surface area (Å²) in [6.45, 7) is 0. The van der Waals surface area contributed by atoms with E-state index in [1.807, 2.05) is 17.6 Å². The molecule has 166 valence electrons. The number of hydrogen-bond acceptors (Lipinski definition) is 6. The number of aryl methyl sites for hydroxylation is 4. The van der Waals surface area contributed by atoms with Gasteiger partial charge in [-0.25, -0.2) is 0 Å². The van der Waals surface area contributed by atoms with Crippen LogP contribution in [0.2, 0.25) is 0 Å². The highest BCUT2D eigenvalue weighted by Gasteiger charge is 2.20. The SMILES string of the molecule is SCCc1c2cc3c(CCS)c4sccc4c(CCS)c3cc2c(CCS)c2occc12. The van der Waals surface area contributed by atoms with Crippen LogP contribution in [0.15, 0.2) is 40.3 Å². The fourth-order valence-corrected chi connectivity index (χ4v) is 7.08. The molecular weight excluding hydrogens is 489 g/mol. The van der Waals surface area contributed by atoms with E-state index in [1.165, 1.54) is 59.3 Å². The van der Waals surface area contributed by atoms with Gasteiger partial charge in [0, 0.05) is 15.6 Å². The summed E-state index contributed by atoms with van der Waals surface area (Å²) in [5, 5.41) is 10.1. The van der Waals surface area contributed by atoms with E-state index in [1.54, 1.807) is 0 Å². The Morgan fingerprint density at radius 1 is 0.594 bits per heavy atom. The lowest BCUT2D eigenvalue weighted by Crippen LogP contribution is -2.00. The third kappa shape index (κ3) is 3.67. The average Bonchev–Trinajstić information content (AvgIpc) is 3.47. The third-order valence-corrected chi connectivity index (χ3v) is 8.30. The molecule has 0 spiro atoms. The summed E-state index contributed by atoms with van der Waals surface area (Å²) in [4.78, 5) is 0. The molecule has 2 heterocycles. The first-order valence-electron chi connectivity index (χ1n) is 11.0. The van der Waals surface area contributed by atoms with Crippen molar-refractivity contribution >= 4 is 104 Å². The molecule has 0 atom stereocenters. The van der Waals surface area contributed by atoms with Gasteiger partial charge in [0.25, 0.3) is 0 Å². The van der Waals surface area contributed by atoms with E-state index < -0.39 is 0 Å². The molecule has 32 heavy (non-hydrogen) atoms. The van der Waals surface area contributed by atoms with Crippen molar-refractivity contribution < 1.29 is 4.42 Å². The van der Waals surface area contributed by atoms with E-state index in [0.29, 0.717) is 0 Å². The predicted octanol–water partition coefficient (Wildman–Crippen LogP) is 7.84. The number of benzene rings is 3. The molecule has 0 radical (unpaired) electrons. The summed E-state index contributed by atoms with van der Waals surface area (Å²) < 4.78 is 7.43. The van der Waals surface area contributed by atoms with Crippen LogP contribution in [0, 0.1) is 0 Å². The van der Waals surface area contributed by atoms with Crippen molar-refractivity contribution in [2.45, 2.75) is 25.7 Å². The zero-order chi connectivity index (χ0) is 22.2. The fraction of sp³-hybridized carbons (Fsp3) is 0.308. The van der Waals surface area contributed by atoms with E-state index in [9.17, 15) is 0 Å². The van der Waals surface area contributed by atoms with Crippen molar-refractivity contribution in [3.05, 3.63) is 58.2 Å². The number of fused-ring (bicyclic) bond motifs is 4. The number of thiol groups is 4. The topological polar surface area (TPSA) is 13.1 Å². The first kappa shape index (κ1) is 22.9. The van der Waals surface area contributed by atoms with Crippen molar-refractivity contribution in [1.29, 1.82) is 0 Å². The monoisotopic (exact) mass is 514 g/mol. The summed E-state index contributed by atoms with van der Waals surface area (Å²) in [7, 11) is 0. The van der Waals surface area contributed by atoms with Crippen molar-refractivity contribution in [3.63, 3.8) is 0 Å². The molecule has 0 amide bonds. The fourth-order valence-electron chi connectivity index (χ4n) is 5.18. The molecule has 0 aliphatic rings. The van der Waals surface area contributed by atoms with Crippen molar-refractivity contribution in [2.24, 2.45) is 0 Å². The summed E-state index contributed by atoms with van der Waals surface area (Å²) in [5.74, 6) is 3.25. The zero-order valence-corrected chi connectivity index (χ0v) is 22.1. The Labute approximate surface area is 214 Å². The Balaban J connectivity index is 2.01. The van der Waals surface area contributed by atoms with E-state index in [0.717, 1.165) is 54.3 Å². The maximum Gasteiger partial charge on any atom is 0.137 e. The first-order chi connectivity index (χ1) is 15.7. The molecule has 0 fully saturated rings. The molecule has 6 heteroatoms. The van der Waals surface area contributed by atoms with Gasteiger partial charge in [0.2, 0.25) is 0 Å². The predicted molar refractivity (Wildman–Crippen MR) is 157 cm³/mol. The van der Waals surface area contributed by atoms with E-state index in [-0.39, 0.29) is 0 Å². The summed E-state index contributed by atoms with van der Waals surface area (Å²) in [6.07, 6.45) is 5.52. The standard InChI is InChI=1S/C26H26OS5/c28-8-2-15-17-1-7-27-25(17)18(4-10-30)23-13-22-16(3-9-29)20-6-12-32-26(20)19(5-11-31)24(22)14-21(15)23/h1,6-7,12-14,28-31H,2-5,8-11H2. The molecule has 0 bridgehead atoms. The molecule has 2 aromatic heterocycles. The van der Waals surface area contributed by atoms with Gasteiger partial charge in [0.1, 0.15) is 5.58 Å². The minimum atomic E-state index is 0.785. The van der Waals surface area contributed by atoms with Crippen LogP contribution in [0.1, 0.15) is 22.3 Å². The normalized spacial score (nSPS) is 12.1. The molecule has 1 nitrogen and oxygen atoms in total. The van der Waals surface area contributed by atoms with Crippen LogP contribution in [0.25, 0.3) is 42.6 Å². The Morgan fingerprint density at radius 2 is 1.12 bits per heavy atom. The summed E-state index contributed by atoms with van der Waals surface area (Å²) >= 11 is 20.2. The van der Waals surface area contributed by atoms with Gasteiger partial charge < -0.3 is 4.42 Å². The van der Waals surface area contributed by atoms with Crippen LogP contribution in [-0.2, 0) is 25.7 Å². The Kier molecular flexibility index (Phi) is 6.96. The van der Waals surface area contributed by atoms with E-state index >= 15 is 0 Å². The van der Waals surface area contributed by atoms with Crippen LogP contribution < -0.4 is 0 Å². The smallest absolute Gasteiger partial charge is 0.137 e. The number of thiophene rings is 1. The Hall–Kier alpha value is -0.920. The molecule has 0 aliphatic heterocycles. The van der Waals surface area contributed by atoms with Crippen LogP contribution in [-0.4, -0.2) is 23.0 Å². The van der Waals surface area contributed by atoms with Crippen molar-refractivity contribution in [1.82, 2.24) is 0 Å². The second-order valence-corrected chi connectivity index (χ2v) is 10.8. The van der Waals surface area contributed by atoms with Gasteiger partial charge in [-0.15, -0.1) is 11.3 Å². The minimum absolute atomic E-state index is 0.785. The van der Waals surface area contributed by atoms with Gasteiger partial charge in [-0.05, 0) is 122 Å². The van der Waals surface area contributed by atoms with Crippen LogP contribution in [0.3, 0.4) is 0 Å². The molecule has 0 saturated heterocycles. The molecule has 3 aromatic carbocycles. The van der Waals surface area contributed by atoms with E-state index in [4.69, 9.17) is 4.42 Å². The van der Waals surface area contributed by atoms with Gasteiger partial charge in [0.05, 0.1) is 6.26 Å².